The zero-order valence-corrected chi connectivity index (χ0v) is 12.7. The number of likely N-dealkylation sites (N-methyl/N-ethyl adjacent to an activating group) is 1. The summed E-state index contributed by atoms with van der Waals surface area (Å²) in [4.78, 5) is 2.26. The Morgan fingerprint density at radius 1 is 1.30 bits per heavy atom. The molecule has 0 aliphatic heterocycles. The molecule has 0 fully saturated rings. The molecule has 20 heavy (non-hydrogen) atoms. The highest BCUT2D eigenvalue weighted by molar-refractivity contribution is 6.59. The third-order valence-electron chi connectivity index (χ3n) is 3.40. The Bertz CT molecular complexity index is 414. The van der Waals surface area contributed by atoms with Gasteiger partial charge in [0.05, 0.1) is 13.7 Å². The van der Waals surface area contributed by atoms with Gasteiger partial charge in [-0.05, 0) is 25.1 Å². The molecule has 0 bridgehead atoms. The van der Waals surface area contributed by atoms with E-state index in [4.69, 9.17) is 9.47 Å². The average Bonchev–Trinajstić information content (AvgIpc) is 2.44. The highest BCUT2D eigenvalue weighted by atomic mass is 16.5. The van der Waals surface area contributed by atoms with Gasteiger partial charge in [0.2, 0.25) is 0 Å². The molecule has 1 aromatic rings. The van der Waals surface area contributed by atoms with E-state index < -0.39 is 7.12 Å². The van der Waals surface area contributed by atoms with Crippen LogP contribution < -0.4 is 10.2 Å². The molecule has 0 aromatic heterocycles. The second-order valence-corrected chi connectivity index (χ2v) is 4.82. The second-order valence-electron chi connectivity index (χ2n) is 4.82. The van der Waals surface area contributed by atoms with Crippen molar-refractivity contribution in [1.82, 2.24) is 4.90 Å². The molecule has 0 aliphatic carbocycles. The van der Waals surface area contributed by atoms with E-state index >= 15 is 0 Å². The topological polar surface area (TPSA) is 62.2 Å². The van der Waals surface area contributed by atoms with Crippen molar-refractivity contribution in [2.75, 3.05) is 27.4 Å². The van der Waals surface area contributed by atoms with Crippen molar-refractivity contribution in [3.05, 3.63) is 23.8 Å². The summed E-state index contributed by atoms with van der Waals surface area (Å²) in [5.74, 6) is 0.483. The number of rotatable bonds is 8. The monoisotopic (exact) mass is 281 g/mol. The van der Waals surface area contributed by atoms with Crippen LogP contribution in [0.15, 0.2) is 18.2 Å². The minimum atomic E-state index is -1.53. The molecule has 0 saturated carbocycles. The van der Waals surface area contributed by atoms with Gasteiger partial charge < -0.3 is 19.5 Å². The largest absolute Gasteiger partial charge is 0.497 e. The summed E-state index contributed by atoms with van der Waals surface area (Å²) in [5.41, 5.74) is 1.40. The Balaban J connectivity index is 2.88. The lowest BCUT2D eigenvalue weighted by Crippen LogP contribution is -2.36. The van der Waals surface area contributed by atoms with Gasteiger partial charge in [0.1, 0.15) is 5.75 Å². The van der Waals surface area contributed by atoms with Gasteiger partial charge in [0, 0.05) is 25.2 Å². The maximum absolute atomic E-state index is 9.39. The third-order valence-corrected chi connectivity index (χ3v) is 3.40. The van der Waals surface area contributed by atoms with Crippen molar-refractivity contribution in [2.24, 2.45) is 0 Å². The Morgan fingerprint density at radius 2 is 2.00 bits per heavy atom. The maximum atomic E-state index is 9.39. The van der Waals surface area contributed by atoms with E-state index in [0.29, 0.717) is 23.9 Å². The van der Waals surface area contributed by atoms with Crippen LogP contribution in [0.4, 0.5) is 0 Å². The van der Waals surface area contributed by atoms with Gasteiger partial charge in [-0.25, -0.2) is 0 Å². The highest BCUT2D eigenvalue weighted by Gasteiger charge is 2.19. The summed E-state index contributed by atoms with van der Waals surface area (Å²) < 4.78 is 10.3. The first-order chi connectivity index (χ1) is 9.53. The molecule has 1 atom stereocenters. The summed E-state index contributed by atoms with van der Waals surface area (Å²) in [6.45, 7) is 6.49. The van der Waals surface area contributed by atoms with Crippen LogP contribution in [0.5, 0.6) is 5.75 Å². The van der Waals surface area contributed by atoms with E-state index in [-0.39, 0.29) is 0 Å². The molecule has 0 heterocycles. The van der Waals surface area contributed by atoms with E-state index in [1.165, 1.54) is 7.11 Å². The van der Waals surface area contributed by atoms with Crippen molar-refractivity contribution in [3.8, 4) is 5.75 Å². The molecule has 6 heteroatoms. The Kier molecular flexibility index (Phi) is 7.02. The van der Waals surface area contributed by atoms with Crippen molar-refractivity contribution >= 4 is 12.6 Å². The number of ether oxygens (including phenoxy) is 2. The van der Waals surface area contributed by atoms with Crippen LogP contribution in [0.3, 0.4) is 0 Å². The molecule has 1 aromatic carbocycles. The van der Waals surface area contributed by atoms with Crippen LogP contribution in [0.25, 0.3) is 0 Å². The number of methoxy groups -OCH3 is 2. The van der Waals surface area contributed by atoms with Gasteiger partial charge in [-0.1, -0.05) is 19.1 Å². The molecule has 0 aliphatic rings. The van der Waals surface area contributed by atoms with Crippen LogP contribution in [0.2, 0.25) is 0 Å². The van der Waals surface area contributed by atoms with E-state index in [1.54, 1.807) is 19.2 Å². The van der Waals surface area contributed by atoms with E-state index in [2.05, 4.69) is 18.7 Å². The molecule has 5 nitrogen and oxygen atoms in total. The lowest BCUT2D eigenvalue weighted by atomic mass is 9.78. The van der Waals surface area contributed by atoms with Crippen LogP contribution in [0, 0.1) is 0 Å². The van der Waals surface area contributed by atoms with Gasteiger partial charge >= 0.3 is 7.12 Å². The van der Waals surface area contributed by atoms with Crippen molar-refractivity contribution < 1.29 is 19.5 Å². The molecule has 2 N–H and O–H groups in total. The first-order valence-corrected chi connectivity index (χ1v) is 6.79. The minimum absolute atomic E-state index is 0.301. The number of benzene rings is 1. The van der Waals surface area contributed by atoms with Gasteiger partial charge in [-0.2, -0.15) is 0 Å². The molecular weight excluding hydrogens is 257 g/mol. The fourth-order valence-corrected chi connectivity index (χ4v) is 2.24. The second kappa shape index (κ2) is 8.27. The Morgan fingerprint density at radius 3 is 2.50 bits per heavy atom. The van der Waals surface area contributed by atoms with Gasteiger partial charge in [0.15, 0.2) is 0 Å². The molecule has 0 radical (unpaired) electrons. The van der Waals surface area contributed by atoms with E-state index in [9.17, 15) is 10.0 Å². The molecule has 1 unspecified atom stereocenters. The first kappa shape index (κ1) is 17.0. The lowest BCUT2D eigenvalue weighted by Gasteiger charge is -2.27. The van der Waals surface area contributed by atoms with E-state index in [0.717, 1.165) is 18.7 Å². The van der Waals surface area contributed by atoms with Crippen LogP contribution in [0.1, 0.15) is 19.4 Å². The SMILES string of the molecule is CCN(Cc1ccc(OC)c(B(O)O)c1)C(C)COC. The summed E-state index contributed by atoms with van der Waals surface area (Å²) in [6.07, 6.45) is 0. The standard InChI is InChI=1S/C14H24BNO4/c1-5-16(11(2)10-19-3)9-12-6-7-14(20-4)13(8-12)15(17)18/h6-8,11,17-18H,5,9-10H2,1-4H3. The van der Waals surface area contributed by atoms with Crippen molar-refractivity contribution in [2.45, 2.75) is 26.4 Å². The molecule has 112 valence electrons. The third kappa shape index (κ3) is 4.49. The normalized spacial score (nSPS) is 12.6. The minimum Gasteiger partial charge on any atom is -0.497 e. The fraction of sp³-hybridized carbons (Fsp3) is 0.571. The summed E-state index contributed by atoms with van der Waals surface area (Å²) in [5, 5.41) is 18.8. The zero-order chi connectivity index (χ0) is 15.1. The Labute approximate surface area is 121 Å². The zero-order valence-electron chi connectivity index (χ0n) is 12.7. The van der Waals surface area contributed by atoms with Gasteiger partial charge in [-0.15, -0.1) is 0 Å². The molecule has 0 spiro atoms. The lowest BCUT2D eigenvalue weighted by molar-refractivity contribution is 0.0982. The Hall–Kier alpha value is -1.08. The van der Waals surface area contributed by atoms with E-state index in [1.807, 2.05) is 6.07 Å². The summed E-state index contributed by atoms with van der Waals surface area (Å²) in [6, 6.07) is 5.77. The van der Waals surface area contributed by atoms with Crippen LogP contribution in [-0.2, 0) is 11.3 Å². The number of hydrogen-bond acceptors (Lipinski definition) is 5. The van der Waals surface area contributed by atoms with Gasteiger partial charge in [-0.3, -0.25) is 4.90 Å². The smallest absolute Gasteiger partial charge is 0.492 e. The van der Waals surface area contributed by atoms with Crippen molar-refractivity contribution in [3.63, 3.8) is 0 Å². The molecule has 0 saturated heterocycles. The maximum Gasteiger partial charge on any atom is 0.492 e. The molecule has 0 amide bonds. The summed E-state index contributed by atoms with van der Waals surface area (Å²) in [7, 11) is 1.68. The average molecular weight is 281 g/mol. The van der Waals surface area contributed by atoms with Crippen LogP contribution in [-0.4, -0.2) is 55.5 Å². The number of hydrogen-bond donors (Lipinski definition) is 2. The van der Waals surface area contributed by atoms with Crippen LogP contribution >= 0.6 is 0 Å². The molecule has 1 rings (SSSR count). The highest BCUT2D eigenvalue weighted by Crippen LogP contribution is 2.13. The van der Waals surface area contributed by atoms with Crippen molar-refractivity contribution in [1.29, 1.82) is 0 Å². The number of nitrogens with zero attached hydrogens (tertiary/aromatic N) is 1. The summed E-state index contributed by atoms with van der Waals surface area (Å²) >= 11 is 0. The predicted molar refractivity (Wildman–Crippen MR) is 80.2 cm³/mol. The molecular formula is C14H24BNO4. The fourth-order valence-electron chi connectivity index (χ4n) is 2.24. The predicted octanol–water partition coefficient (Wildman–Crippen LogP) is 0.232. The van der Waals surface area contributed by atoms with Gasteiger partial charge in [0.25, 0.3) is 0 Å². The first-order valence-electron chi connectivity index (χ1n) is 6.79. The quantitative estimate of drug-likeness (QED) is 0.668.